The third-order valence-corrected chi connectivity index (χ3v) is 2.49. The zero-order chi connectivity index (χ0) is 13.9. The van der Waals surface area contributed by atoms with Gasteiger partial charge in [-0.15, -0.1) is 13.2 Å². The van der Waals surface area contributed by atoms with Crippen LogP contribution in [-0.2, 0) is 5.33 Å². The molecule has 1 rings (SSSR count). The summed E-state index contributed by atoms with van der Waals surface area (Å²) in [4.78, 5) is 3.23. The first-order valence-electron chi connectivity index (χ1n) is 4.45. The van der Waals surface area contributed by atoms with Gasteiger partial charge in [-0.25, -0.2) is 13.8 Å². The van der Waals surface area contributed by atoms with Gasteiger partial charge >= 0.3 is 6.36 Å². The molecule has 0 aliphatic rings. The van der Waals surface area contributed by atoms with Gasteiger partial charge in [0.2, 0.25) is 5.88 Å². The first-order valence-corrected chi connectivity index (χ1v) is 5.58. The predicted octanol–water partition coefficient (Wildman–Crippen LogP) is 3.82. The van der Waals surface area contributed by atoms with Crippen molar-refractivity contribution >= 4 is 15.9 Å². The highest BCUT2D eigenvalue weighted by molar-refractivity contribution is 9.08. The second-order valence-electron chi connectivity index (χ2n) is 3.02. The van der Waals surface area contributed by atoms with Gasteiger partial charge in [-0.2, -0.15) is 0 Å². The molecule has 0 fully saturated rings. The molecular formula is C9H7BrF5NO2. The lowest BCUT2D eigenvalue weighted by Crippen LogP contribution is -2.19. The molecule has 9 heteroatoms. The molecule has 0 bridgehead atoms. The number of halogens is 6. The minimum atomic E-state index is -5.10. The Kier molecular flexibility index (Phi) is 4.71. The van der Waals surface area contributed by atoms with Crippen LogP contribution in [0, 0.1) is 0 Å². The Labute approximate surface area is 107 Å². The zero-order valence-electron chi connectivity index (χ0n) is 8.89. The summed E-state index contributed by atoms with van der Waals surface area (Å²) in [5.74, 6) is -1.59. The van der Waals surface area contributed by atoms with Gasteiger partial charge in [-0.3, -0.25) is 0 Å². The number of rotatable bonds is 4. The molecule has 1 aromatic rings. The third-order valence-electron chi connectivity index (χ3n) is 1.88. The molecule has 0 aliphatic carbocycles. The van der Waals surface area contributed by atoms with Crippen LogP contribution in [0.15, 0.2) is 6.20 Å². The average molecular weight is 336 g/mol. The molecule has 0 saturated carbocycles. The van der Waals surface area contributed by atoms with Gasteiger partial charge in [-0.05, 0) is 0 Å². The summed E-state index contributed by atoms with van der Waals surface area (Å²) >= 11 is 2.99. The Balaban J connectivity index is 3.35. The van der Waals surface area contributed by atoms with Gasteiger partial charge in [0.1, 0.15) is 11.3 Å². The maximum atomic E-state index is 12.8. The van der Waals surface area contributed by atoms with E-state index in [-0.39, 0.29) is 16.6 Å². The Morgan fingerprint density at radius 1 is 1.39 bits per heavy atom. The van der Waals surface area contributed by atoms with E-state index >= 15 is 0 Å². The minimum absolute atomic E-state index is 0.106. The SMILES string of the molecule is COc1c(CBr)cnc(OC(F)(F)F)c1C(F)F. The Morgan fingerprint density at radius 2 is 2.00 bits per heavy atom. The van der Waals surface area contributed by atoms with Crippen molar-refractivity contribution in [2.75, 3.05) is 7.11 Å². The summed E-state index contributed by atoms with van der Waals surface area (Å²) in [5, 5.41) is 0.106. The third kappa shape index (κ3) is 3.44. The van der Waals surface area contributed by atoms with Gasteiger partial charge in [0, 0.05) is 17.1 Å². The molecule has 3 nitrogen and oxygen atoms in total. The molecule has 0 radical (unpaired) electrons. The van der Waals surface area contributed by atoms with E-state index in [9.17, 15) is 22.0 Å². The maximum absolute atomic E-state index is 12.8. The largest absolute Gasteiger partial charge is 0.574 e. The van der Waals surface area contributed by atoms with Crippen LogP contribution in [0.1, 0.15) is 17.6 Å². The normalized spacial score (nSPS) is 11.8. The highest BCUT2D eigenvalue weighted by Gasteiger charge is 2.36. The molecule has 102 valence electrons. The van der Waals surface area contributed by atoms with Crippen molar-refractivity contribution in [1.82, 2.24) is 4.98 Å². The van der Waals surface area contributed by atoms with Crippen LogP contribution in [0.25, 0.3) is 0 Å². The standard InChI is InChI=1S/C9H7BrF5NO2/c1-17-6-4(2-10)3-16-8(5(6)7(11)12)18-9(13,14)15/h3,7H,2H2,1H3. The van der Waals surface area contributed by atoms with Gasteiger partial charge in [0.15, 0.2) is 0 Å². The number of nitrogens with zero attached hydrogens (tertiary/aromatic N) is 1. The fourth-order valence-corrected chi connectivity index (χ4v) is 1.65. The molecule has 18 heavy (non-hydrogen) atoms. The number of ether oxygens (including phenoxy) is 2. The van der Waals surface area contributed by atoms with Crippen LogP contribution >= 0.6 is 15.9 Å². The molecule has 0 aromatic carbocycles. The lowest BCUT2D eigenvalue weighted by molar-refractivity contribution is -0.276. The van der Waals surface area contributed by atoms with Crippen LogP contribution in [0.4, 0.5) is 22.0 Å². The summed E-state index contributed by atoms with van der Waals surface area (Å²) in [6.07, 6.45) is -7.33. The van der Waals surface area contributed by atoms with E-state index in [1.54, 1.807) is 0 Å². The van der Waals surface area contributed by atoms with Crippen LogP contribution in [0.3, 0.4) is 0 Å². The summed E-state index contributed by atoms with van der Waals surface area (Å²) in [7, 11) is 1.07. The first kappa shape index (κ1) is 14.9. The second kappa shape index (κ2) is 5.68. The van der Waals surface area contributed by atoms with Crippen LogP contribution in [-0.4, -0.2) is 18.5 Å². The summed E-state index contributed by atoms with van der Waals surface area (Å²) in [5.41, 5.74) is -0.825. The lowest BCUT2D eigenvalue weighted by atomic mass is 10.2. The zero-order valence-corrected chi connectivity index (χ0v) is 10.5. The van der Waals surface area contributed by atoms with Crippen molar-refractivity contribution in [3.05, 3.63) is 17.3 Å². The Morgan fingerprint density at radius 3 is 2.39 bits per heavy atom. The van der Waals surface area contributed by atoms with Gasteiger partial charge in [0.05, 0.1) is 7.11 Å². The molecule has 1 aromatic heterocycles. The summed E-state index contributed by atoms with van der Waals surface area (Å²) in [6, 6.07) is 0. The minimum Gasteiger partial charge on any atom is -0.496 e. The van der Waals surface area contributed by atoms with Gasteiger partial charge < -0.3 is 9.47 Å². The monoisotopic (exact) mass is 335 g/mol. The number of alkyl halides is 6. The number of methoxy groups -OCH3 is 1. The fourth-order valence-electron chi connectivity index (χ4n) is 1.25. The Bertz CT molecular complexity index is 424. The van der Waals surface area contributed by atoms with E-state index in [1.807, 2.05) is 0 Å². The topological polar surface area (TPSA) is 31.4 Å². The molecule has 0 amide bonds. The maximum Gasteiger partial charge on any atom is 0.574 e. The highest BCUT2D eigenvalue weighted by Crippen LogP contribution is 2.40. The lowest BCUT2D eigenvalue weighted by Gasteiger charge is -2.16. The van der Waals surface area contributed by atoms with E-state index in [2.05, 4.69) is 30.4 Å². The van der Waals surface area contributed by atoms with Crippen LogP contribution in [0.2, 0.25) is 0 Å². The van der Waals surface area contributed by atoms with Gasteiger partial charge in [-0.1, -0.05) is 15.9 Å². The smallest absolute Gasteiger partial charge is 0.496 e. The molecule has 0 aliphatic heterocycles. The van der Waals surface area contributed by atoms with E-state index in [0.717, 1.165) is 13.3 Å². The summed E-state index contributed by atoms with van der Waals surface area (Å²) in [6.45, 7) is 0. The second-order valence-corrected chi connectivity index (χ2v) is 3.58. The van der Waals surface area contributed by atoms with E-state index in [4.69, 9.17) is 0 Å². The number of hydrogen-bond acceptors (Lipinski definition) is 3. The summed E-state index contributed by atoms with van der Waals surface area (Å²) < 4.78 is 69.8. The quantitative estimate of drug-likeness (QED) is 0.619. The number of hydrogen-bond donors (Lipinski definition) is 0. The van der Waals surface area contributed by atoms with Crippen molar-refractivity contribution in [1.29, 1.82) is 0 Å². The number of aromatic nitrogens is 1. The van der Waals surface area contributed by atoms with Crippen molar-refractivity contribution in [2.45, 2.75) is 18.1 Å². The fraction of sp³-hybridized carbons (Fsp3) is 0.444. The predicted molar refractivity (Wildman–Crippen MR) is 55.1 cm³/mol. The van der Waals surface area contributed by atoms with Gasteiger partial charge in [0.25, 0.3) is 6.43 Å². The van der Waals surface area contributed by atoms with Crippen molar-refractivity contribution in [3.8, 4) is 11.6 Å². The van der Waals surface area contributed by atoms with Crippen LogP contribution < -0.4 is 9.47 Å². The molecule has 0 saturated heterocycles. The average Bonchev–Trinajstić information content (AvgIpc) is 2.25. The molecule has 1 heterocycles. The van der Waals surface area contributed by atoms with E-state index in [1.165, 1.54) is 0 Å². The molecule has 0 spiro atoms. The first-order chi connectivity index (χ1) is 8.30. The molecule has 0 atom stereocenters. The van der Waals surface area contributed by atoms with Crippen molar-refractivity contribution < 1.29 is 31.4 Å². The highest BCUT2D eigenvalue weighted by atomic mass is 79.9. The van der Waals surface area contributed by atoms with Crippen molar-refractivity contribution in [2.24, 2.45) is 0 Å². The van der Waals surface area contributed by atoms with E-state index in [0.29, 0.717) is 0 Å². The Hall–Kier alpha value is -1.12. The molecule has 0 unspecified atom stereocenters. The molecule has 0 N–H and O–H groups in total. The molecular weight excluding hydrogens is 329 g/mol. The number of pyridine rings is 1. The van der Waals surface area contributed by atoms with Crippen LogP contribution in [0.5, 0.6) is 11.6 Å². The van der Waals surface area contributed by atoms with E-state index < -0.39 is 24.2 Å². The van der Waals surface area contributed by atoms with Crippen molar-refractivity contribution in [3.63, 3.8) is 0 Å².